The van der Waals surface area contributed by atoms with Crippen molar-refractivity contribution in [3.63, 3.8) is 0 Å². The minimum absolute atomic E-state index is 0.0102. The highest BCUT2D eigenvalue weighted by Gasteiger charge is 2.14. The number of carbonyl (C=O) groups excluding carboxylic acids is 1. The number of rotatable bonds is 11. The molecule has 0 bridgehead atoms. The fourth-order valence-electron chi connectivity index (χ4n) is 1.63. The summed E-state index contributed by atoms with van der Waals surface area (Å²) < 4.78 is 15.2. The van der Waals surface area contributed by atoms with Gasteiger partial charge in [0.2, 0.25) is 0 Å². The summed E-state index contributed by atoms with van der Waals surface area (Å²) in [6, 6.07) is 4.29. The SMILES string of the molecule is [N-]=[N+]=Nc1cccc(C(=O)OCCOCCOCCO)c1N=[N+]=[N-]. The van der Waals surface area contributed by atoms with E-state index in [1.807, 2.05) is 0 Å². The minimum Gasteiger partial charge on any atom is -0.460 e. The molecule has 0 aliphatic carbocycles. The second-order valence-corrected chi connectivity index (χ2v) is 4.14. The van der Waals surface area contributed by atoms with Crippen LogP contribution in [0.2, 0.25) is 0 Å². The van der Waals surface area contributed by atoms with Crippen molar-refractivity contribution in [2.45, 2.75) is 0 Å². The summed E-state index contributed by atoms with van der Waals surface area (Å²) in [5.41, 5.74) is 17.0. The largest absolute Gasteiger partial charge is 0.460 e. The monoisotopic (exact) mass is 336 g/mol. The Labute approximate surface area is 137 Å². The number of aliphatic hydroxyl groups is 1. The highest BCUT2D eigenvalue weighted by molar-refractivity contribution is 5.97. The maximum atomic E-state index is 12.0. The van der Waals surface area contributed by atoms with Crippen LogP contribution in [0.5, 0.6) is 0 Å². The van der Waals surface area contributed by atoms with Crippen molar-refractivity contribution in [3.05, 3.63) is 44.6 Å². The molecule has 0 aromatic heterocycles. The molecule has 0 unspecified atom stereocenters. The summed E-state index contributed by atoms with van der Waals surface area (Å²) in [5, 5.41) is 15.3. The van der Waals surface area contributed by atoms with E-state index in [1.54, 1.807) is 0 Å². The van der Waals surface area contributed by atoms with Crippen LogP contribution in [0, 0.1) is 0 Å². The predicted molar refractivity (Wildman–Crippen MR) is 83.1 cm³/mol. The van der Waals surface area contributed by atoms with Crippen LogP contribution in [0.1, 0.15) is 10.4 Å². The number of benzene rings is 1. The van der Waals surface area contributed by atoms with Gasteiger partial charge in [0.25, 0.3) is 0 Å². The standard InChI is InChI=1S/C13H16N6O5/c14-18-16-11-3-1-2-10(12(11)17-19-15)13(21)24-9-8-23-7-6-22-5-4-20/h1-3,20H,4-9H2. The first-order chi connectivity index (χ1) is 11.7. The minimum atomic E-state index is -0.729. The topological polar surface area (TPSA) is 163 Å². The lowest BCUT2D eigenvalue weighted by Crippen LogP contribution is -2.13. The van der Waals surface area contributed by atoms with Crippen molar-refractivity contribution in [1.29, 1.82) is 0 Å². The fourth-order valence-corrected chi connectivity index (χ4v) is 1.63. The highest BCUT2D eigenvalue weighted by Crippen LogP contribution is 2.32. The molecule has 0 aliphatic rings. The van der Waals surface area contributed by atoms with Crippen LogP contribution in [0.25, 0.3) is 20.9 Å². The van der Waals surface area contributed by atoms with E-state index < -0.39 is 5.97 Å². The average molecular weight is 336 g/mol. The maximum Gasteiger partial charge on any atom is 0.338 e. The van der Waals surface area contributed by atoms with E-state index in [0.29, 0.717) is 13.2 Å². The molecule has 0 spiro atoms. The molecule has 0 saturated heterocycles. The predicted octanol–water partition coefficient (Wildman–Crippen LogP) is 2.75. The van der Waals surface area contributed by atoms with Crippen LogP contribution >= 0.6 is 0 Å². The van der Waals surface area contributed by atoms with Crippen LogP contribution in [-0.4, -0.2) is 50.7 Å². The van der Waals surface area contributed by atoms with Gasteiger partial charge in [0.05, 0.1) is 44.3 Å². The van der Waals surface area contributed by atoms with Crippen LogP contribution in [-0.2, 0) is 14.2 Å². The van der Waals surface area contributed by atoms with Crippen molar-refractivity contribution in [1.82, 2.24) is 0 Å². The van der Waals surface area contributed by atoms with Crippen LogP contribution in [0.4, 0.5) is 11.4 Å². The quantitative estimate of drug-likeness (QED) is 0.215. The first-order valence-electron chi connectivity index (χ1n) is 6.91. The lowest BCUT2D eigenvalue weighted by Gasteiger charge is -2.09. The van der Waals surface area contributed by atoms with E-state index in [9.17, 15) is 4.79 Å². The zero-order valence-corrected chi connectivity index (χ0v) is 12.7. The molecule has 1 rings (SSSR count). The highest BCUT2D eigenvalue weighted by atomic mass is 16.6. The second-order valence-electron chi connectivity index (χ2n) is 4.14. The summed E-state index contributed by atoms with van der Waals surface area (Å²) in [5.74, 6) is -0.729. The van der Waals surface area contributed by atoms with Gasteiger partial charge in [0.15, 0.2) is 0 Å². The van der Waals surface area contributed by atoms with E-state index in [4.69, 9.17) is 30.4 Å². The Morgan fingerprint density at radius 1 is 1.04 bits per heavy atom. The van der Waals surface area contributed by atoms with Gasteiger partial charge < -0.3 is 19.3 Å². The Morgan fingerprint density at radius 2 is 1.71 bits per heavy atom. The number of nitrogens with zero attached hydrogens (tertiary/aromatic N) is 6. The van der Waals surface area contributed by atoms with E-state index >= 15 is 0 Å². The summed E-state index contributed by atoms with van der Waals surface area (Å²) >= 11 is 0. The number of carbonyl (C=O) groups is 1. The Bertz CT molecular complexity index is 640. The van der Waals surface area contributed by atoms with Gasteiger partial charge in [0, 0.05) is 15.5 Å². The summed E-state index contributed by atoms with van der Waals surface area (Å²) in [6.45, 7) is 0.946. The van der Waals surface area contributed by atoms with Gasteiger partial charge in [-0.25, -0.2) is 4.79 Å². The molecule has 1 aromatic rings. The number of hydrogen-bond acceptors (Lipinski definition) is 7. The third-order valence-corrected chi connectivity index (χ3v) is 2.60. The van der Waals surface area contributed by atoms with E-state index in [1.165, 1.54) is 18.2 Å². The molecule has 0 atom stereocenters. The molecular formula is C13H16N6O5. The molecule has 11 nitrogen and oxygen atoms in total. The van der Waals surface area contributed by atoms with Gasteiger partial charge in [-0.15, -0.1) is 0 Å². The molecule has 0 aliphatic heterocycles. The summed E-state index contributed by atoms with van der Waals surface area (Å²) in [7, 11) is 0. The van der Waals surface area contributed by atoms with E-state index in [-0.39, 0.29) is 43.4 Å². The van der Waals surface area contributed by atoms with Gasteiger partial charge in [-0.05, 0) is 17.1 Å². The Kier molecular flexibility index (Phi) is 9.39. The molecule has 11 heteroatoms. The molecule has 0 amide bonds. The Hall–Kier alpha value is -2.81. The van der Waals surface area contributed by atoms with Gasteiger partial charge >= 0.3 is 5.97 Å². The number of azide groups is 2. The lowest BCUT2D eigenvalue weighted by atomic mass is 10.1. The number of ether oxygens (including phenoxy) is 3. The maximum absolute atomic E-state index is 12.0. The molecular weight excluding hydrogens is 320 g/mol. The van der Waals surface area contributed by atoms with Crippen molar-refractivity contribution in [2.24, 2.45) is 10.2 Å². The molecule has 0 fully saturated rings. The van der Waals surface area contributed by atoms with Crippen LogP contribution in [0.15, 0.2) is 28.4 Å². The average Bonchev–Trinajstić information content (AvgIpc) is 2.59. The number of esters is 1. The van der Waals surface area contributed by atoms with E-state index in [2.05, 4.69) is 20.1 Å². The second kappa shape index (κ2) is 11.7. The first-order valence-corrected chi connectivity index (χ1v) is 6.91. The number of aliphatic hydroxyl groups excluding tert-OH is 1. The molecule has 0 radical (unpaired) electrons. The molecule has 0 heterocycles. The Balaban J connectivity index is 2.54. The molecule has 128 valence electrons. The van der Waals surface area contributed by atoms with Crippen molar-refractivity contribution < 1.29 is 24.1 Å². The molecule has 24 heavy (non-hydrogen) atoms. The Morgan fingerprint density at radius 3 is 2.38 bits per heavy atom. The molecule has 1 aromatic carbocycles. The molecule has 0 saturated carbocycles. The van der Waals surface area contributed by atoms with Crippen LogP contribution < -0.4 is 0 Å². The first kappa shape index (κ1) is 19.2. The van der Waals surface area contributed by atoms with Gasteiger partial charge in [-0.2, -0.15) is 0 Å². The van der Waals surface area contributed by atoms with Gasteiger partial charge in [-0.1, -0.05) is 22.4 Å². The summed E-state index contributed by atoms with van der Waals surface area (Å²) in [4.78, 5) is 17.2. The van der Waals surface area contributed by atoms with Gasteiger partial charge in [-0.3, -0.25) is 0 Å². The molecule has 1 N–H and O–H groups in total. The van der Waals surface area contributed by atoms with E-state index in [0.717, 1.165) is 0 Å². The zero-order chi connectivity index (χ0) is 17.6. The smallest absolute Gasteiger partial charge is 0.338 e. The lowest BCUT2D eigenvalue weighted by molar-refractivity contribution is 0.00924. The van der Waals surface area contributed by atoms with Crippen molar-refractivity contribution >= 4 is 17.3 Å². The van der Waals surface area contributed by atoms with Gasteiger partial charge in [0.1, 0.15) is 6.61 Å². The third-order valence-electron chi connectivity index (χ3n) is 2.60. The van der Waals surface area contributed by atoms with Crippen molar-refractivity contribution in [3.8, 4) is 0 Å². The van der Waals surface area contributed by atoms with Crippen LogP contribution in [0.3, 0.4) is 0 Å². The summed E-state index contributed by atoms with van der Waals surface area (Å²) in [6.07, 6.45) is 0. The third kappa shape index (κ3) is 6.53. The fraction of sp³-hybridized carbons (Fsp3) is 0.462. The number of hydrogen-bond donors (Lipinski definition) is 1. The normalized spacial score (nSPS) is 9.71. The van der Waals surface area contributed by atoms with Crippen molar-refractivity contribution in [2.75, 3.05) is 39.6 Å². The zero-order valence-electron chi connectivity index (χ0n) is 12.7.